The Morgan fingerprint density at radius 3 is 2.38 bits per heavy atom. The highest BCUT2D eigenvalue weighted by atomic mass is 35.5. The van der Waals surface area contributed by atoms with Gasteiger partial charge in [0.2, 0.25) is 0 Å². The highest BCUT2D eigenvalue weighted by Gasteiger charge is 2.33. The number of aromatic nitrogens is 2. The van der Waals surface area contributed by atoms with Gasteiger partial charge in [0.1, 0.15) is 11.6 Å². The fourth-order valence-electron chi connectivity index (χ4n) is 4.17. The quantitative estimate of drug-likeness (QED) is 0.235. The lowest BCUT2D eigenvalue weighted by atomic mass is 10.0. The maximum atomic E-state index is 15.4. The zero-order valence-corrected chi connectivity index (χ0v) is 21.1. The van der Waals surface area contributed by atoms with E-state index < -0.39 is 51.3 Å². The molecule has 0 aliphatic carbocycles. The Hall–Kier alpha value is -4.16. The average molecular weight is 577 g/mol. The Kier molecular flexibility index (Phi) is 7.39. The number of amides is 1. The maximum absolute atomic E-state index is 15.4. The fraction of sp³-hybridized carbons (Fsp3) is 0.185. The van der Waals surface area contributed by atoms with Crippen molar-refractivity contribution in [1.82, 2.24) is 9.97 Å². The molecule has 0 spiro atoms. The van der Waals surface area contributed by atoms with Crippen LogP contribution in [0.25, 0.3) is 11.0 Å². The molecule has 1 aromatic heterocycles. The molecule has 0 bridgehead atoms. The lowest BCUT2D eigenvalue weighted by Crippen LogP contribution is -2.36. The molecule has 0 radical (unpaired) electrons. The zero-order valence-electron chi connectivity index (χ0n) is 20.4. The number of carbonyl (C=O) groups is 2. The molecular formula is C27H18ClF5N4O3. The van der Waals surface area contributed by atoms with Crippen molar-refractivity contribution >= 4 is 45.8 Å². The molecule has 2 heterocycles. The molecule has 1 amide bonds. The molecule has 0 saturated carbocycles. The topological polar surface area (TPSA) is 84.4 Å². The first-order valence-electron chi connectivity index (χ1n) is 11.8. The molecule has 0 atom stereocenters. The molecule has 7 nitrogen and oxygen atoms in total. The van der Waals surface area contributed by atoms with E-state index in [0.717, 1.165) is 24.3 Å². The van der Waals surface area contributed by atoms with Crippen LogP contribution >= 0.6 is 11.6 Å². The number of ether oxygens (including phenoxy) is 1. The second kappa shape index (κ2) is 10.8. The number of ketones is 1. The van der Waals surface area contributed by atoms with Crippen LogP contribution < -0.4 is 10.2 Å². The van der Waals surface area contributed by atoms with Crippen LogP contribution in [0, 0.1) is 11.6 Å². The van der Waals surface area contributed by atoms with E-state index in [2.05, 4.69) is 15.3 Å². The van der Waals surface area contributed by atoms with Gasteiger partial charge in [0, 0.05) is 24.2 Å². The van der Waals surface area contributed by atoms with Crippen LogP contribution in [0.2, 0.25) is 5.02 Å². The number of nitrogens with zero attached hydrogens (tertiary/aromatic N) is 3. The van der Waals surface area contributed by atoms with Crippen LogP contribution in [0.1, 0.15) is 31.8 Å². The summed E-state index contributed by atoms with van der Waals surface area (Å²) in [4.78, 5) is 36.6. The van der Waals surface area contributed by atoms with Crippen LogP contribution in [-0.2, 0) is 10.9 Å². The predicted molar refractivity (Wildman–Crippen MR) is 137 cm³/mol. The van der Waals surface area contributed by atoms with E-state index in [1.165, 1.54) is 18.2 Å². The van der Waals surface area contributed by atoms with E-state index in [-0.39, 0.29) is 11.1 Å². The van der Waals surface area contributed by atoms with Gasteiger partial charge in [0.25, 0.3) is 5.91 Å². The zero-order chi connectivity index (χ0) is 28.6. The summed E-state index contributed by atoms with van der Waals surface area (Å²) in [5.74, 6) is -4.00. The number of benzene rings is 3. The van der Waals surface area contributed by atoms with Crippen LogP contribution in [-0.4, -0.2) is 48.0 Å². The first-order valence-corrected chi connectivity index (χ1v) is 12.2. The Labute approximate surface area is 228 Å². The smallest absolute Gasteiger partial charge is 0.378 e. The van der Waals surface area contributed by atoms with Gasteiger partial charge in [-0.25, -0.2) is 13.8 Å². The van der Waals surface area contributed by atoms with Crippen molar-refractivity contribution in [2.24, 2.45) is 0 Å². The maximum Gasteiger partial charge on any atom is 0.417 e. The van der Waals surface area contributed by atoms with E-state index in [9.17, 15) is 27.2 Å². The SMILES string of the molecule is O=C(Nc1ccc(F)c(C(=O)c2ccc3ncc(N4CCOCC4)nc3c2)c1F)c1ccc(C(F)(F)F)c(Cl)c1. The normalized spacial score (nSPS) is 13.9. The Morgan fingerprint density at radius 2 is 1.68 bits per heavy atom. The molecule has 3 aromatic carbocycles. The lowest BCUT2D eigenvalue weighted by molar-refractivity contribution is -0.137. The summed E-state index contributed by atoms with van der Waals surface area (Å²) < 4.78 is 74.3. The third-order valence-electron chi connectivity index (χ3n) is 6.23. The van der Waals surface area contributed by atoms with E-state index in [0.29, 0.717) is 49.2 Å². The van der Waals surface area contributed by atoms with Gasteiger partial charge in [0.15, 0.2) is 11.6 Å². The second-order valence-corrected chi connectivity index (χ2v) is 9.20. The number of rotatable bonds is 5. The van der Waals surface area contributed by atoms with Crippen molar-refractivity contribution in [2.75, 3.05) is 36.5 Å². The minimum atomic E-state index is -4.73. The molecule has 1 aliphatic rings. The number of halogens is 6. The summed E-state index contributed by atoms with van der Waals surface area (Å²) in [5, 5.41) is 1.42. The third-order valence-corrected chi connectivity index (χ3v) is 6.54. The molecule has 206 valence electrons. The van der Waals surface area contributed by atoms with Gasteiger partial charge in [-0.15, -0.1) is 0 Å². The van der Waals surface area contributed by atoms with E-state index in [1.54, 1.807) is 6.20 Å². The van der Waals surface area contributed by atoms with Crippen molar-refractivity contribution in [3.63, 3.8) is 0 Å². The van der Waals surface area contributed by atoms with Gasteiger partial charge in [0.05, 0.1) is 52.3 Å². The van der Waals surface area contributed by atoms with E-state index in [1.807, 2.05) is 4.90 Å². The minimum absolute atomic E-state index is 0.0725. The molecule has 1 aliphatic heterocycles. The van der Waals surface area contributed by atoms with Gasteiger partial charge in [-0.3, -0.25) is 14.6 Å². The molecule has 5 rings (SSSR count). The summed E-state index contributed by atoms with van der Waals surface area (Å²) in [5.41, 5.74) is -2.22. The third kappa shape index (κ3) is 5.45. The first kappa shape index (κ1) is 27.4. The summed E-state index contributed by atoms with van der Waals surface area (Å²) >= 11 is 5.66. The summed E-state index contributed by atoms with van der Waals surface area (Å²) in [6.07, 6.45) is -3.15. The molecule has 13 heteroatoms. The number of hydrogen-bond donors (Lipinski definition) is 1. The Bertz CT molecular complexity index is 1640. The number of hydrogen-bond acceptors (Lipinski definition) is 6. The molecule has 1 fully saturated rings. The molecular weight excluding hydrogens is 559 g/mol. The number of nitrogens with one attached hydrogen (secondary N) is 1. The number of morpholine rings is 1. The number of alkyl halides is 3. The van der Waals surface area contributed by atoms with Crippen LogP contribution in [0.5, 0.6) is 0 Å². The number of carbonyl (C=O) groups excluding carboxylic acids is 2. The fourth-order valence-corrected chi connectivity index (χ4v) is 4.46. The first-order chi connectivity index (χ1) is 19.0. The molecule has 40 heavy (non-hydrogen) atoms. The van der Waals surface area contributed by atoms with Crippen molar-refractivity contribution < 1.29 is 36.3 Å². The van der Waals surface area contributed by atoms with Crippen LogP contribution in [0.4, 0.5) is 33.5 Å². The highest BCUT2D eigenvalue weighted by molar-refractivity contribution is 6.32. The summed E-state index contributed by atoms with van der Waals surface area (Å²) in [7, 11) is 0. The Morgan fingerprint density at radius 1 is 0.950 bits per heavy atom. The average Bonchev–Trinajstić information content (AvgIpc) is 2.93. The van der Waals surface area contributed by atoms with Crippen molar-refractivity contribution in [2.45, 2.75) is 6.18 Å². The van der Waals surface area contributed by atoms with Gasteiger partial charge in [-0.1, -0.05) is 11.6 Å². The monoisotopic (exact) mass is 576 g/mol. The van der Waals surface area contributed by atoms with Crippen LogP contribution in [0.15, 0.2) is 54.7 Å². The number of anilines is 2. The molecule has 4 aromatic rings. The molecule has 1 N–H and O–H groups in total. The Balaban J connectivity index is 1.43. The standard InChI is InChI=1S/C27H18ClF5N4O3/c28-17-11-15(1-3-16(17)27(31,32)33)26(39)36-20-6-4-18(29)23(24(20)30)25(38)14-2-5-19-21(12-14)35-22(13-34-19)37-7-9-40-10-8-37/h1-6,11-13H,7-10H2,(H,36,39). The van der Waals surface area contributed by atoms with Gasteiger partial charge in [-0.05, 0) is 48.5 Å². The minimum Gasteiger partial charge on any atom is -0.378 e. The molecule has 0 unspecified atom stereocenters. The molecule has 1 saturated heterocycles. The van der Waals surface area contributed by atoms with E-state index in [4.69, 9.17) is 16.3 Å². The van der Waals surface area contributed by atoms with Crippen molar-refractivity contribution in [3.05, 3.63) is 93.6 Å². The van der Waals surface area contributed by atoms with Gasteiger partial charge >= 0.3 is 6.18 Å². The van der Waals surface area contributed by atoms with Gasteiger partial charge < -0.3 is 15.0 Å². The largest absolute Gasteiger partial charge is 0.417 e. The second-order valence-electron chi connectivity index (χ2n) is 8.79. The van der Waals surface area contributed by atoms with Crippen LogP contribution in [0.3, 0.4) is 0 Å². The van der Waals surface area contributed by atoms with Gasteiger partial charge in [-0.2, -0.15) is 13.2 Å². The highest BCUT2D eigenvalue weighted by Crippen LogP contribution is 2.35. The predicted octanol–water partition coefficient (Wildman–Crippen LogP) is 5.90. The van der Waals surface area contributed by atoms with E-state index >= 15 is 4.39 Å². The van der Waals surface area contributed by atoms with Crippen molar-refractivity contribution in [1.29, 1.82) is 0 Å². The number of fused-ring (bicyclic) bond motifs is 1. The summed E-state index contributed by atoms with van der Waals surface area (Å²) in [6, 6.07) is 8.14. The lowest BCUT2D eigenvalue weighted by Gasteiger charge is -2.27. The summed E-state index contributed by atoms with van der Waals surface area (Å²) in [6.45, 7) is 2.25. The van der Waals surface area contributed by atoms with Crippen molar-refractivity contribution in [3.8, 4) is 0 Å².